The fraction of sp³-hybridized carbons (Fsp3) is 0.923. The minimum Gasteiger partial charge on any atom is -0.354 e. The number of nitrogens with one attached hydrogen (secondary N) is 1. The summed E-state index contributed by atoms with van der Waals surface area (Å²) in [6.45, 7) is 4.76. The Labute approximate surface area is 111 Å². The third-order valence-electron chi connectivity index (χ3n) is 4.05. The van der Waals surface area contributed by atoms with Crippen LogP contribution < -0.4 is 11.1 Å². The van der Waals surface area contributed by atoms with Gasteiger partial charge in [0, 0.05) is 18.5 Å². The molecule has 0 radical (unpaired) electrons. The first-order valence-corrected chi connectivity index (χ1v) is 6.65. The SMILES string of the molecule is CCC(N)(CC)CNC(=O)CCC1CCC1.Cl. The molecule has 3 N–H and O–H groups in total. The molecule has 0 heterocycles. The maximum Gasteiger partial charge on any atom is 0.220 e. The van der Waals surface area contributed by atoms with Crippen molar-refractivity contribution in [2.24, 2.45) is 11.7 Å². The summed E-state index contributed by atoms with van der Waals surface area (Å²) in [5.41, 5.74) is 5.91. The number of carbonyl (C=O) groups excluding carboxylic acids is 1. The largest absolute Gasteiger partial charge is 0.354 e. The van der Waals surface area contributed by atoms with Gasteiger partial charge in [0.25, 0.3) is 0 Å². The molecule has 0 aliphatic heterocycles. The molecule has 0 bridgehead atoms. The highest BCUT2D eigenvalue weighted by Crippen LogP contribution is 2.30. The zero-order chi connectivity index (χ0) is 12.0. The van der Waals surface area contributed by atoms with E-state index in [4.69, 9.17) is 5.73 Å². The molecule has 0 aromatic heterocycles. The first kappa shape index (κ1) is 16.7. The van der Waals surface area contributed by atoms with E-state index < -0.39 is 0 Å². The van der Waals surface area contributed by atoms with E-state index in [0.717, 1.165) is 25.2 Å². The maximum atomic E-state index is 11.6. The molecule has 4 heteroatoms. The summed E-state index contributed by atoms with van der Waals surface area (Å²) in [5.74, 6) is 0.981. The van der Waals surface area contributed by atoms with Gasteiger partial charge in [-0.2, -0.15) is 0 Å². The lowest BCUT2D eigenvalue weighted by atomic mass is 9.82. The number of hydrogen-bond acceptors (Lipinski definition) is 2. The molecule has 1 aliphatic rings. The Morgan fingerprint density at radius 3 is 2.35 bits per heavy atom. The molecule has 0 spiro atoms. The maximum absolute atomic E-state index is 11.6. The first-order valence-electron chi connectivity index (χ1n) is 6.65. The van der Waals surface area contributed by atoms with Gasteiger partial charge in [-0.05, 0) is 25.2 Å². The third-order valence-corrected chi connectivity index (χ3v) is 4.05. The quantitative estimate of drug-likeness (QED) is 0.741. The van der Waals surface area contributed by atoms with E-state index in [2.05, 4.69) is 19.2 Å². The second-order valence-electron chi connectivity index (χ2n) is 5.18. The molecule has 1 rings (SSSR count). The van der Waals surface area contributed by atoms with Crippen LogP contribution in [0.2, 0.25) is 0 Å². The monoisotopic (exact) mass is 262 g/mol. The summed E-state index contributed by atoms with van der Waals surface area (Å²) in [4.78, 5) is 11.6. The van der Waals surface area contributed by atoms with Crippen LogP contribution in [-0.4, -0.2) is 18.0 Å². The van der Waals surface area contributed by atoms with Crippen molar-refractivity contribution in [1.82, 2.24) is 5.32 Å². The number of rotatable bonds is 7. The molecule has 0 unspecified atom stereocenters. The Balaban J connectivity index is 0.00000256. The van der Waals surface area contributed by atoms with Gasteiger partial charge in [0.2, 0.25) is 5.91 Å². The Hall–Kier alpha value is -0.280. The fourth-order valence-electron chi connectivity index (χ4n) is 1.98. The first-order chi connectivity index (χ1) is 7.59. The standard InChI is InChI=1S/C13H26N2O.ClH/c1-3-13(14,4-2)10-15-12(16)9-8-11-6-5-7-11;/h11H,3-10,14H2,1-2H3,(H,15,16);1H. The van der Waals surface area contributed by atoms with Crippen LogP contribution >= 0.6 is 12.4 Å². The Morgan fingerprint density at radius 1 is 1.35 bits per heavy atom. The van der Waals surface area contributed by atoms with Gasteiger partial charge in [0.05, 0.1) is 0 Å². The van der Waals surface area contributed by atoms with Crippen LogP contribution in [0.5, 0.6) is 0 Å². The molecule has 0 atom stereocenters. The van der Waals surface area contributed by atoms with Crippen molar-refractivity contribution in [3.63, 3.8) is 0 Å². The summed E-state index contributed by atoms with van der Waals surface area (Å²) in [7, 11) is 0. The highest BCUT2D eigenvalue weighted by molar-refractivity contribution is 5.85. The van der Waals surface area contributed by atoms with Gasteiger partial charge >= 0.3 is 0 Å². The smallest absolute Gasteiger partial charge is 0.220 e. The minimum atomic E-state index is -0.216. The predicted octanol–water partition coefficient (Wildman–Crippen LogP) is 2.62. The molecule has 0 aromatic rings. The van der Waals surface area contributed by atoms with E-state index in [1.165, 1.54) is 19.3 Å². The summed E-state index contributed by atoms with van der Waals surface area (Å²) in [5, 5.41) is 2.96. The van der Waals surface area contributed by atoms with Crippen molar-refractivity contribution < 1.29 is 4.79 Å². The average Bonchev–Trinajstić information content (AvgIpc) is 2.24. The van der Waals surface area contributed by atoms with Gasteiger partial charge in [-0.15, -0.1) is 12.4 Å². The van der Waals surface area contributed by atoms with Crippen molar-refractivity contribution in [1.29, 1.82) is 0 Å². The normalized spacial score (nSPS) is 15.9. The van der Waals surface area contributed by atoms with Crippen LogP contribution in [0.3, 0.4) is 0 Å². The number of hydrogen-bond donors (Lipinski definition) is 2. The van der Waals surface area contributed by atoms with Crippen LogP contribution in [0, 0.1) is 5.92 Å². The zero-order valence-electron chi connectivity index (χ0n) is 11.1. The molecule has 1 aliphatic carbocycles. The molecule has 102 valence electrons. The Kier molecular flexibility index (Phi) is 7.80. The predicted molar refractivity (Wildman–Crippen MR) is 74.3 cm³/mol. The van der Waals surface area contributed by atoms with Gasteiger partial charge < -0.3 is 11.1 Å². The van der Waals surface area contributed by atoms with E-state index in [1.54, 1.807) is 0 Å². The van der Waals surface area contributed by atoms with Crippen LogP contribution in [0.25, 0.3) is 0 Å². The van der Waals surface area contributed by atoms with E-state index in [-0.39, 0.29) is 23.9 Å². The summed E-state index contributed by atoms with van der Waals surface area (Å²) < 4.78 is 0. The Bertz CT molecular complexity index is 225. The molecule has 3 nitrogen and oxygen atoms in total. The van der Waals surface area contributed by atoms with Crippen molar-refractivity contribution in [3.8, 4) is 0 Å². The van der Waals surface area contributed by atoms with Crippen LogP contribution in [0.4, 0.5) is 0 Å². The second-order valence-corrected chi connectivity index (χ2v) is 5.18. The zero-order valence-corrected chi connectivity index (χ0v) is 11.9. The van der Waals surface area contributed by atoms with Gasteiger partial charge in [0.1, 0.15) is 0 Å². The van der Waals surface area contributed by atoms with Gasteiger partial charge in [0.15, 0.2) is 0 Å². The van der Waals surface area contributed by atoms with Gasteiger partial charge in [-0.25, -0.2) is 0 Å². The third kappa shape index (κ3) is 5.73. The second kappa shape index (κ2) is 7.93. The fourth-order valence-corrected chi connectivity index (χ4v) is 1.98. The summed E-state index contributed by atoms with van der Waals surface area (Å²) in [6, 6.07) is 0. The molecule has 1 amide bonds. The lowest BCUT2D eigenvalue weighted by Gasteiger charge is -2.28. The van der Waals surface area contributed by atoms with E-state index in [0.29, 0.717) is 13.0 Å². The van der Waals surface area contributed by atoms with Crippen molar-refractivity contribution in [3.05, 3.63) is 0 Å². The summed E-state index contributed by atoms with van der Waals surface area (Å²) in [6.07, 6.45) is 7.54. The number of carbonyl (C=O) groups is 1. The topological polar surface area (TPSA) is 55.1 Å². The molecule has 0 aromatic carbocycles. The molecule has 1 fully saturated rings. The molecular formula is C13H27ClN2O. The van der Waals surface area contributed by atoms with Gasteiger partial charge in [-0.3, -0.25) is 4.79 Å². The highest BCUT2D eigenvalue weighted by atomic mass is 35.5. The molecular weight excluding hydrogens is 236 g/mol. The highest BCUT2D eigenvalue weighted by Gasteiger charge is 2.22. The van der Waals surface area contributed by atoms with Crippen LogP contribution in [-0.2, 0) is 4.79 Å². The van der Waals surface area contributed by atoms with Crippen molar-refractivity contribution in [2.45, 2.75) is 64.3 Å². The summed E-state index contributed by atoms with van der Waals surface area (Å²) >= 11 is 0. The lowest BCUT2D eigenvalue weighted by Crippen LogP contribution is -2.49. The number of halogens is 1. The molecule has 17 heavy (non-hydrogen) atoms. The number of amides is 1. The Morgan fingerprint density at radius 2 is 1.94 bits per heavy atom. The molecule has 1 saturated carbocycles. The lowest BCUT2D eigenvalue weighted by molar-refractivity contribution is -0.121. The van der Waals surface area contributed by atoms with E-state index in [1.807, 2.05) is 0 Å². The molecule has 0 saturated heterocycles. The van der Waals surface area contributed by atoms with Crippen molar-refractivity contribution in [2.75, 3.05) is 6.54 Å². The average molecular weight is 263 g/mol. The van der Waals surface area contributed by atoms with Crippen molar-refractivity contribution >= 4 is 18.3 Å². The van der Waals surface area contributed by atoms with Crippen LogP contribution in [0.15, 0.2) is 0 Å². The van der Waals surface area contributed by atoms with Gasteiger partial charge in [-0.1, -0.05) is 33.1 Å². The van der Waals surface area contributed by atoms with E-state index >= 15 is 0 Å². The van der Waals surface area contributed by atoms with E-state index in [9.17, 15) is 4.79 Å². The minimum absolute atomic E-state index is 0. The van der Waals surface area contributed by atoms with Crippen LogP contribution in [0.1, 0.15) is 58.8 Å². The number of nitrogens with two attached hydrogens (primary N) is 1.